The number of benzene rings is 2. The predicted octanol–water partition coefficient (Wildman–Crippen LogP) is 4.65. The van der Waals surface area contributed by atoms with Crippen molar-refractivity contribution in [1.29, 1.82) is 0 Å². The zero-order chi connectivity index (χ0) is 17.5. The Kier molecular flexibility index (Phi) is 6.09. The van der Waals surface area contributed by atoms with E-state index in [-0.39, 0.29) is 18.3 Å². The number of nitrogens with zero attached hydrogens (tertiary/aromatic N) is 1. The zero-order valence-corrected chi connectivity index (χ0v) is 15.3. The Morgan fingerprint density at radius 2 is 1.88 bits per heavy atom. The number of ether oxygens (including phenoxy) is 2. The second-order valence-electron chi connectivity index (χ2n) is 5.13. The van der Waals surface area contributed by atoms with Gasteiger partial charge in [-0.2, -0.15) is 0 Å². The summed E-state index contributed by atoms with van der Waals surface area (Å²) in [5.74, 6) is 0.807. The van der Waals surface area contributed by atoms with Crippen LogP contribution in [0.2, 0.25) is 0 Å². The van der Waals surface area contributed by atoms with Crippen LogP contribution in [0.4, 0.5) is 0 Å². The van der Waals surface area contributed by atoms with Crippen LogP contribution in [0.15, 0.2) is 64.9 Å². The Morgan fingerprint density at radius 1 is 1.12 bits per heavy atom. The molecule has 0 aliphatic heterocycles. The van der Waals surface area contributed by atoms with Crippen molar-refractivity contribution in [3.63, 3.8) is 0 Å². The maximum absolute atomic E-state index is 11.9. The largest absolute Gasteiger partial charge is 0.497 e. The highest BCUT2D eigenvalue weighted by Crippen LogP contribution is 2.24. The molecule has 0 spiro atoms. The monoisotopic (exact) mass is 371 g/mol. The standard InChI is InChI=1S/C19H17NO3S2/c1-22-16-7-9-17(10-8-16)24-13-18(21)23-11-15-12-25-19(20-15)14-5-3-2-4-6-14/h2-10,12H,11,13H2,1H3. The van der Waals surface area contributed by atoms with Gasteiger partial charge in [0, 0.05) is 15.8 Å². The zero-order valence-electron chi connectivity index (χ0n) is 13.7. The van der Waals surface area contributed by atoms with Crippen molar-refractivity contribution in [1.82, 2.24) is 4.98 Å². The summed E-state index contributed by atoms with van der Waals surface area (Å²) in [7, 11) is 1.63. The minimum atomic E-state index is -0.255. The molecule has 0 aliphatic rings. The number of thiazole rings is 1. The molecule has 128 valence electrons. The number of carbonyl (C=O) groups is 1. The summed E-state index contributed by atoms with van der Waals surface area (Å²) >= 11 is 2.99. The Balaban J connectivity index is 1.46. The van der Waals surface area contributed by atoms with Gasteiger partial charge in [-0.05, 0) is 24.3 Å². The van der Waals surface area contributed by atoms with Gasteiger partial charge in [0.15, 0.2) is 0 Å². The molecule has 0 radical (unpaired) electrons. The van der Waals surface area contributed by atoms with Crippen LogP contribution in [0.25, 0.3) is 10.6 Å². The molecule has 3 aromatic rings. The average molecular weight is 371 g/mol. The van der Waals surface area contributed by atoms with Crippen LogP contribution in [-0.4, -0.2) is 23.8 Å². The van der Waals surface area contributed by atoms with Gasteiger partial charge in [-0.15, -0.1) is 23.1 Å². The van der Waals surface area contributed by atoms with E-state index in [1.807, 2.05) is 60.0 Å². The third-order valence-corrected chi connectivity index (χ3v) is 5.30. The molecule has 0 bridgehead atoms. The first-order valence-corrected chi connectivity index (χ1v) is 9.53. The van der Waals surface area contributed by atoms with E-state index in [4.69, 9.17) is 9.47 Å². The van der Waals surface area contributed by atoms with Crippen molar-refractivity contribution in [3.05, 3.63) is 65.7 Å². The van der Waals surface area contributed by atoms with Gasteiger partial charge in [0.25, 0.3) is 0 Å². The van der Waals surface area contributed by atoms with E-state index < -0.39 is 0 Å². The van der Waals surface area contributed by atoms with Crippen LogP contribution in [-0.2, 0) is 16.1 Å². The molecular weight excluding hydrogens is 354 g/mol. The van der Waals surface area contributed by atoms with Gasteiger partial charge >= 0.3 is 5.97 Å². The summed E-state index contributed by atoms with van der Waals surface area (Å²) in [6.07, 6.45) is 0. The first-order chi connectivity index (χ1) is 12.2. The Hall–Kier alpha value is -2.31. The van der Waals surface area contributed by atoms with Gasteiger partial charge in [-0.25, -0.2) is 4.98 Å². The molecule has 1 heterocycles. The lowest BCUT2D eigenvalue weighted by Gasteiger charge is -2.04. The van der Waals surface area contributed by atoms with Gasteiger partial charge in [-0.3, -0.25) is 4.79 Å². The van der Waals surface area contributed by atoms with Gasteiger partial charge in [-0.1, -0.05) is 30.3 Å². The van der Waals surface area contributed by atoms with E-state index >= 15 is 0 Å². The molecule has 4 nitrogen and oxygen atoms in total. The van der Waals surface area contributed by atoms with Crippen molar-refractivity contribution < 1.29 is 14.3 Å². The quantitative estimate of drug-likeness (QED) is 0.447. The summed E-state index contributed by atoms with van der Waals surface area (Å²) in [6, 6.07) is 17.5. The normalized spacial score (nSPS) is 10.4. The number of hydrogen-bond acceptors (Lipinski definition) is 6. The summed E-state index contributed by atoms with van der Waals surface area (Å²) < 4.78 is 10.4. The smallest absolute Gasteiger partial charge is 0.316 e. The lowest BCUT2D eigenvalue weighted by molar-refractivity contribution is -0.141. The van der Waals surface area contributed by atoms with E-state index in [2.05, 4.69) is 4.98 Å². The molecule has 3 rings (SSSR count). The van der Waals surface area contributed by atoms with Crippen molar-refractivity contribution >= 4 is 29.1 Å². The Labute approximate surface area is 154 Å². The molecule has 1 aromatic heterocycles. The van der Waals surface area contributed by atoms with E-state index in [9.17, 15) is 4.79 Å². The number of thioether (sulfide) groups is 1. The third kappa shape index (κ3) is 5.08. The summed E-state index contributed by atoms with van der Waals surface area (Å²) in [4.78, 5) is 17.4. The minimum Gasteiger partial charge on any atom is -0.497 e. The molecule has 0 fully saturated rings. The highest BCUT2D eigenvalue weighted by Gasteiger charge is 2.08. The minimum absolute atomic E-state index is 0.200. The number of hydrogen-bond donors (Lipinski definition) is 0. The van der Waals surface area contributed by atoms with E-state index in [0.717, 1.165) is 26.9 Å². The summed E-state index contributed by atoms with van der Waals surface area (Å²) in [5, 5.41) is 2.85. The molecule has 2 aromatic carbocycles. The maximum atomic E-state index is 11.9. The molecule has 0 saturated carbocycles. The Morgan fingerprint density at radius 3 is 2.60 bits per heavy atom. The lowest BCUT2D eigenvalue weighted by atomic mass is 10.2. The first-order valence-electron chi connectivity index (χ1n) is 7.67. The topological polar surface area (TPSA) is 48.4 Å². The number of esters is 1. The number of methoxy groups -OCH3 is 1. The van der Waals surface area contributed by atoms with E-state index in [1.54, 1.807) is 18.4 Å². The molecule has 0 amide bonds. The van der Waals surface area contributed by atoms with Gasteiger partial charge in [0.1, 0.15) is 17.4 Å². The van der Waals surface area contributed by atoms with Crippen LogP contribution in [0.1, 0.15) is 5.69 Å². The van der Waals surface area contributed by atoms with Crippen LogP contribution in [0.5, 0.6) is 5.75 Å². The first kappa shape index (κ1) is 17.5. The predicted molar refractivity (Wildman–Crippen MR) is 101 cm³/mol. The van der Waals surface area contributed by atoms with Crippen molar-refractivity contribution in [3.8, 4) is 16.3 Å². The molecule has 0 aliphatic carbocycles. The molecule has 6 heteroatoms. The van der Waals surface area contributed by atoms with Crippen molar-refractivity contribution in [2.75, 3.05) is 12.9 Å². The lowest BCUT2D eigenvalue weighted by Crippen LogP contribution is -2.07. The van der Waals surface area contributed by atoms with Crippen molar-refractivity contribution in [2.45, 2.75) is 11.5 Å². The van der Waals surface area contributed by atoms with E-state index in [0.29, 0.717) is 0 Å². The Bertz CT molecular complexity index is 816. The number of carbonyl (C=O) groups excluding carboxylic acids is 1. The third-order valence-electron chi connectivity index (χ3n) is 3.37. The highest BCUT2D eigenvalue weighted by molar-refractivity contribution is 8.00. The maximum Gasteiger partial charge on any atom is 0.316 e. The number of aromatic nitrogens is 1. The highest BCUT2D eigenvalue weighted by atomic mass is 32.2. The van der Waals surface area contributed by atoms with Crippen LogP contribution < -0.4 is 4.74 Å². The fourth-order valence-corrected chi connectivity index (χ4v) is 3.60. The van der Waals surface area contributed by atoms with Crippen LogP contribution >= 0.6 is 23.1 Å². The summed E-state index contributed by atoms with van der Waals surface area (Å²) in [6.45, 7) is 0.200. The van der Waals surface area contributed by atoms with Gasteiger partial charge in [0.05, 0.1) is 18.6 Å². The second-order valence-corrected chi connectivity index (χ2v) is 7.04. The van der Waals surface area contributed by atoms with Crippen LogP contribution in [0.3, 0.4) is 0 Å². The van der Waals surface area contributed by atoms with Gasteiger partial charge < -0.3 is 9.47 Å². The molecule has 25 heavy (non-hydrogen) atoms. The molecular formula is C19H17NO3S2. The molecule has 0 saturated heterocycles. The van der Waals surface area contributed by atoms with E-state index in [1.165, 1.54) is 11.8 Å². The molecule has 0 N–H and O–H groups in total. The summed E-state index contributed by atoms with van der Waals surface area (Å²) in [5.41, 5.74) is 1.84. The molecule has 0 unspecified atom stereocenters. The fraction of sp³-hybridized carbons (Fsp3) is 0.158. The average Bonchev–Trinajstić information content (AvgIpc) is 3.15. The molecule has 0 atom stereocenters. The van der Waals surface area contributed by atoms with Gasteiger partial charge in [0.2, 0.25) is 0 Å². The fourth-order valence-electron chi connectivity index (χ4n) is 2.10. The second kappa shape index (κ2) is 8.69. The number of rotatable bonds is 7. The van der Waals surface area contributed by atoms with Crippen molar-refractivity contribution in [2.24, 2.45) is 0 Å². The van der Waals surface area contributed by atoms with Crippen LogP contribution in [0, 0.1) is 0 Å². The SMILES string of the molecule is COc1ccc(SCC(=O)OCc2csc(-c3ccccc3)n2)cc1.